The summed E-state index contributed by atoms with van der Waals surface area (Å²) in [6.45, 7) is 15.5. The molecule has 0 heterocycles. The molecule has 3 nitrogen and oxygen atoms in total. The van der Waals surface area contributed by atoms with Gasteiger partial charge in [-0.1, -0.05) is 75.7 Å². The van der Waals surface area contributed by atoms with E-state index in [1.807, 2.05) is 38.1 Å². The third kappa shape index (κ3) is 8.26. The number of allylic oxidation sites excluding steroid dienone is 4. The number of benzene rings is 1. The predicted octanol–water partition coefficient (Wildman–Crippen LogP) is 6.67. The second kappa shape index (κ2) is 13.1. The summed E-state index contributed by atoms with van der Waals surface area (Å²) in [7, 11) is 0. The van der Waals surface area contributed by atoms with E-state index in [4.69, 9.17) is 16.7 Å². The highest BCUT2D eigenvalue weighted by atomic mass is 35.5. The number of carboxylic acid groups (broad SMARTS) is 1. The lowest BCUT2D eigenvalue weighted by molar-refractivity contribution is -0.131. The molecule has 0 amide bonds. The summed E-state index contributed by atoms with van der Waals surface area (Å²) in [5.74, 6) is 0.299. The van der Waals surface area contributed by atoms with E-state index in [0.29, 0.717) is 30.3 Å². The molecule has 4 heteroatoms. The molecule has 2 atom stereocenters. The summed E-state index contributed by atoms with van der Waals surface area (Å²) < 4.78 is 0. The molecule has 0 fully saturated rings. The molecule has 0 aliphatic heterocycles. The van der Waals surface area contributed by atoms with Crippen LogP contribution in [-0.2, 0) is 16.0 Å². The van der Waals surface area contributed by atoms with E-state index >= 15 is 0 Å². The van der Waals surface area contributed by atoms with Crippen LogP contribution in [0.5, 0.6) is 0 Å². The molecule has 0 spiro atoms. The Bertz CT molecular complexity index is 744. The van der Waals surface area contributed by atoms with Crippen LogP contribution in [0, 0.1) is 11.8 Å². The highest BCUT2D eigenvalue weighted by molar-refractivity contribution is 6.31. The van der Waals surface area contributed by atoms with Crippen LogP contribution < -0.4 is 0 Å². The molecule has 1 aromatic rings. The number of carbonyl (C=O) groups is 2. The summed E-state index contributed by atoms with van der Waals surface area (Å²) in [6, 6.07) is 7.77. The smallest absolute Gasteiger partial charge is 0.328 e. The van der Waals surface area contributed by atoms with Gasteiger partial charge in [0.2, 0.25) is 0 Å². The average molecular weight is 405 g/mol. The Labute approximate surface area is 174 Å². The Kier molecular flexibility index (Phi) is 12.1. The molecular weight excluding hydrogens is 372 g/mol. The van der Waals surface area contributed by atoms with Crippen LogP contribution in [0.25, 0.3) is 0 Å². The van der Waals surface area contributed by atoms with Crippen molar-refractivity contribution in [3.63, 3.8) is 0 Å². The molecule has 0 aromatic heterocycles. The molecule has 2 rings (SSSR count). The number of aliphatic carboxylic acids is 1. The van der Waals surface area contributed by atoms with Gasteiger partial charge in [-0.05, 0) is 48.5 Å². The summed E-state index contributed by atoms with van der Waals surface area (Å²) >= 11 is 6.17. The number of hydrogen-bond acceptors (Lipinski definition) is 2. The van der Waals surface area contributed by atoms with E-state index in [2.05, 4.69) is 27.4 Å². The van der Waals surface area contributed by atoms with Gasteiger partial charge in [0.25, 0.3) is 0 Å². The Morgan fingerprint density at radius 3 is 2.32 bits per heavy atom. The lowest BCUT2D eigenvalue weighted by Crippen LogP contribution is -2.24. The van der Waals surface area contributed by atoms with E-state index in [0.717, 1.165) is 22.2 Å². The molecule has 0 saturated heterocycles. The van der Waals surface area contributed by atoms with Crippen molar-refractivity contribution in [1.29, 1.82) is 0 Å². The third-order valence-electron chi connectivity index (χ3n) is 4.85. The monoisotopic (exact) mass is 404 g/mol. The normalized spacial score (nSPS) is 19.1. The minimum atomic E-state index is -0.928. The van der Waals surface area contributed by atoms with Crippen molar-refractivity contribution in [2.24, 2.45) is 11.8 Å². The zero-order valence-corrected chi connectivity index (χ0v) is 18.6. The fourth-order valence-electron chi connectivity index (χ4n) is 2.84. The van der Waals surface area contributed by atoms with Gasteiger partial charge in [0.1, 0.15) is 0 Å². The number of rotatable bonds is 4. The van der Waals surface area contributed by atoms with Crippen molar-refractivity contribution >= 4 is 23.4 Å². The number of hydrogen-bond donors (Lipinski definition) is 1. The van der Waals surface area contributed by atoms with Crippen LogP contribution in [-0.4, -0.2) is 16.9 Å². The van der Waals surface area contributed by atoms with E-state index in [-0.39, 0.29) is 5.78 Å². The number of halogens is 1. The van der Waals surface area contributed by atoms with Crippen molar-refractivity contribution < 1.29 is 14.7 Å². The van der Waals surface area contributed by atoms with Crippen molar-refractivity contribution in [3.8, 4) is 0 Å². The van der Waals surface area contributed by atoms with Crippen LogP contribution in [0.4, 0.5) is 0 Å². The minimum absolute atomic E-state index is 0.290. The van der Waals surface area contributed by atoms with Gasteiger partial charge in [0.05, 0.1) is 0 Å². The number of Topliss-reactive ketones (excluding diaryl/α,β-unsaturated/α-hetero) is 1. The topological polar surface area (TPSA) is 54.4 Å². The highest BCUT2D eigenvalue weighted by Crippen LogP contribution is 2.34. The van der Waals surface area contributed by atoms with Gasteiger partial charge < -0.3 is 5.11 Å². The molecular formula is C24H33ClO3. The summed E-state index contributed by atoms with van der Waals surface area (Å²) in [6.07, 6.45) is 3.93. The Balaban J connectivity index is 0.000000618. The molecule has 1 aliphatic carbocycles. The summed E-state index contributed by atoms with van der Waals surface area (Å²) in [5, 5.41) is 8.84. The van der Waals surface area contributed by atoms with Gasteiger partial charge in [-0.15, -0.1) is 0 Å². The maximum absolute atomic E-state index is 12.2. The summed E-state index contributed by atoms with van der Waals surface area (Å²) in [4.78, 5) is 22.0. The van der Waals surface area contributed by atoms with Gasteiger partial charge in [-0.3, -0.25) is 4.79 Å². The second-order valence-corrected chi connectivity index (χ2v) is 7.16. The molecule has 0 saturated carbocycles. The first-order valence-electron chi connectivity index (χ1n) is 9.67. The first kappa shape index (κ1) is 25.9. The lowest BCUT2D eigenvalue weighted by Gasteiger charge is -2.28. The Morgan fingerprint density at radius 1 is 1.29 bits per heavy atom. The maximum Gasteiger partial charge on any atom is 0.328 e. The van der Waals surface area contributed by atoms with E-state index < -0.39 is 5.97 Å². The predicted molar refractivity (Wildman–Crippen MR) is 119 cm³/mol. The maximum atomic E-state index is 12.2. The van der Waals surface area contributed by atoms with E-state index in [9.17, 15) is 9.59 Å². The molecule has 154 valence electrons. The first-order chi connectivity index (χ1) is 13.2. The molecule has 1 aliphatic rings. The van der Waals surface area contributed by atoms with Gasteiger partial charge in [-0.2, -0.15) is 0 Å². The third-order valence-corrected chi connectivity index (χ3v) is 5.22. The van der Waals surface area contributed by atoms with Crippen molar-refractivity contribution in [1.82, 2.24) is 0 Å². The van der Waals surface area contributed by atoms with Crippen LogP contribution in [0.1, 0.15) is 53.5 Å². The van der Waals surface area contributed by atoms with Crippen LogP contribution in [0.2, 0.25) is 5.02 Å². The zero-order chi connectivity index (χ0) is 21.9. The molecule has 1 N–H and O–H groups in total. The average Bonchev–Trinajstić information content (AvgIpc) is 2.66. The molecule has 0 bridgehead atoms. The summed E-state index contributed by atoms with van der Waals surface area (Å²) in [5.41, 5.74) is 3.91. The largest absolute Gasteiger partial charge is 0.478 e. The molecule has 0 radical (unpaired) electrons. The number of carboxylic acids is 1. The fourth-order valence-corrected chi connectivity index (χ4v) is 3.04. The lowest BCUT2D eigenvalue weighted by atomic mass is 9.75. The standard InChI is InChI=1S/C16H19ClO.C6H8O2.C2H6/c1-10-8-16(18)14(12(3)11(10)2)9-13-6-4-5-7-15(13)17;1-3-5(2)4-6(7)8;1-2/h4-7,10-11H,8-9H2,1-3H3;3-4H,1H2,2H3,(H,7,8);1-2H3/b;5-4+;. The van der Waals surface area contributed by atoms with Gasteiger partial charge in [-0.25, -0.2) is 4.79 Å². The number of carbonyl (C=O) groups excluding carboxylic acids is 1. The van der Waals surface area contributed by atoms with Gasteiger partial charge in [0.15, 0.2) is 5.78 Å². The van der Waals surface area contributed by atoms with Crippen molar-refractivity contribution in [2.75, 3.05) is 0 Å². The van der Waals surface area contributed by atoms with Crippen molar-refractivity contribution in [2.45, 2.75) is 54.4 Å². The van der Waals surface area contributed by atoms with Gasteiger partial charge in [0, 0.05) is 23.9 Å². The fraction of sp³-hybridized carbons (Fsp3) is 0.417. The zero-order valence-electron chi connectivity index (χ0n) is 17.9. The SMILES string of the molecule is C=C/C(C)=C/C(=O)O.CC.CC1=C(Cc2ccccc2Cl)C(=O)CC(C)C1C. The first-order valence-corrected chi connectivity index (χ1v) is 10.0. The molecule has 2 unspecified atom stereocenters. The Hall–Kier alpha value is -2.13. The molecule has 1 aromatic carbocycles. The van der Waals surface area contributed by atoms with Crippen LogP contribution in [0.15, 0.2) is 59.7 Å². The minimum Gasteiger partial charge on any atom is -0.478 e. The van der Waals surface area contributed by atoms with E-state index in [1.165, 1.54) is 11.6 Å². The van der Waals surface area contributed by atoms with Crippen LogP contribution in [0.3, 0.4) is 0 Å². The molecule has 28 heavy (non-hydrogen) atoms. The Morgan fingerprint density at radius 2 is 1.86 bits per heavy atom. The van der Waals surface area contributed by atoms with Crippen molar-refractivity contribution in [3.05, 3.63) is 70.3 Å². The van der Waals surface area contributed by atoms with E-state index in [1.54, 1.807) is 6.92 Å². The highest BCUT2D eigenvalue weighted by Gasteiger charge is 2.28. The number of ketones is 1. The van der Waals surface area contributed by atoms with Crippen LogP contribution >= 0.6 is 11.6 Å². The second-order valence-electron chi connectivity index (χ2n) is 6.75. The quantitative estimate of drug-likeness (QED) is 0.450. The van der Waals surface area contributed by atoms with Gasteiger partial charge >= 0.3 is 5.97 Å².